The molecular formula is C11H21N3O. The number of nitrogens with zero attached hydrogens (tertiary/aromatic N) is 3. The fourth-order valence-corrected chi connectivity index (χ4v) is 2.09. The summed E-state index contributed by atoms with van der Waals surface area (Å²) in [5.74, 6) is 0. The van der Waals surface area contributed by atoms with E-state index in [9.17, 15) is 0 Å². The Bertz CT molecular complexity index is 214. The number of hydrogen-bond donors (Lipinski definition) is 0. The first kappa shape index (κ1) is 12.4. The van der Waals surface area contributed by atoms with Crippen LogP contribution in [0, 0.1) is 11.3 Å². The molecule has 0 saturated carbocycles. The second-order valence-electron chi connectivity index (χ2n) is 3.98. The Balaban J connectivity index is 2.38. The molecular weight excluding hydrogens is 190 g/mol. The third-order valence-corrected chi connectivity index (χ3v) is 3.04. The van der Waals surface area contributed by atoms with Crippen molar-refractivity contribution in [2.24, 2.45) is 0 Å². The molecule has 0 radical (unpaired) electrons. The number of ether oxygens (including phenoxy) is 1. The second-order valence-corrected chi connectivity index (χ2v) is 3.98. The molecule has 0 aromatic carbocycles. The van der Waals surface area contributed by atoms with Gasteiger partial charge in [0, 0.05) is 39.3 Å². The van der Waals surface area contributed by atoms with Gasteiger partial charge in [0.15, 0.2) is 0 Å². The zero-order valence-electron chi connectivity index (χ0n) is 9.78. The molecule has 1 heterocycles. The van der Waals surface area contributed by atoms with Crippen LogP contribution in [-0.2, 0) is 4.74 Å². The lowest BCUT2D eigenvalue weighted by Crippen LogP contribution is -2.53. The number of methoxy groups -OCH3 is 1. The molecule has 0 aliphatic carbocycles. The van der Waals surface area contributed by atoms with E-state index in [1.165, 1.54) is 0 Å². The van der Waals surface area contributed by atoms with Crippen LogP contribution in [-0.4, -0.2) is 62.3 Å². The summed E-state index contributed by atoms with van der Waals surface area (Å²) >= 11 is 0. The van der Waals surface area contributed by atoms with Crippen molar-refractivity contribution in [3.8, 4) is 6.07 Å². The van der Waals surface area contributed by atoms with Gasteiger partial charge in [0.05, 0.1) is 19.2 Å². The number of nitriles is 1. The Morgan fingerprint density at radius 3 is 2.87 bits per heavy atom. The predicted molar refractivity (Wildman–Crippen MR) is 59.6 cm³/mol. The van der Waals surface area contributed by atoms with E-state index < -0.39 is 0 Å². The molecule has 86 valence electrons. The quantitative estimate of drug-likeness (QED) is 0.623. The normalized spacial score (nSPS) is 23.9. The molecule has 1 aliphatic rings. The summed E-state index contributed by atoms with van der Waals surface area (Å²) in [6.45, 7) is 7.67. The summed E-state index contributed by atoms with van der Waals surface area (Å²) in [7, 11) is 1.74. The molecule has 0 aromatic rings. The van der Waals surface area contributed by atoms with Gasteiger partial charge in [-0.25, -0.2) is 0 Å². The van der Waals surface area contributed by atoms with Gasteiger partial charge in [0.1, 0.15) is 0 Å². The van der Waals surface area contributed by atoms with E-state index in [4.69, 9.17) is 10.00 Å². The lowest BCUT2D eigenvalue weighted by atomic mass is 10.1. The van der Waals surface area contributed by atoms with Crippen LogP contribution in [0.5, 0.6) is 0 Å². The molecule has 4 nitrogen and oxygen atoms in total. The third kappa shape index (κ3) is 3.78. The highest BCUT2D eigenvalue weighted by Gasteiger charge is 2.24. The molecule has 0 bridgehead atoms. The van der Waals surface area contributed by atoms with E-state index in [0.29, 0.717) is 12.6 Å². The summed E-state index contributed by atoms with van der Waals surface area (Å²) < 4.78 is 5.10. The largest absolute Gasteiger partial charge is 0.383 e. The Morgan fingerprint density at radius 2 is 2.27 bits per heavy atom. The van der Waals surface area contributed by atoms with Crippen LogP contribution < -0.4 is 0 Å². The van der Waals surface area contributed by atoms with Gasteiger partial charge in [-0.2, -0.15) is 5.26 Å². The number of piperazine rings is 1. The smallest absolute Gasteiger partial charge is 0.0866 e. The zero-order chi connectivity index (χ0) is 11.1. The van der Waals surface area contributed by atoms with E-state index in [0.717, 1.165) is 39.2 Å². The van der Waals surface area contributed by atoms with Crippen molar-refractivity contribution in [1.82, 2.24) is 9.80 Å². The zero-order valence-corrected chi connectivity index (χ0v) is 9.78. The third-order valence-electron chi connectivity index (χ3n) is 3.04. The minimum atomic E-state index is 0.564. The van der Waals surface area contributed by atoms with Crippen molar-refractivity contribution >= 4 is 0 Å². The van der Waals surface area contributed by atoms with E-state index >= 15 is 0 Å². The van der Waals surface area contributed by atoms with Crippen molar-refractivity contribution in [3.63, 3.8) is 0 Å². The maximum absolute atomic E-state index is 8.66. The van der Waals surface area contributed by atoms with Crippen LogP contribution in [0.4, 0.5) is 0 Å². The molecule has 0 spiro atoms. The topological polar surface area (TPSA) is 39.5 Å². The van der Waals surface area contributed by atoms with Crippen LogP contribution in [0.1, 0.15) is 13.3 Å². The summed E-state index contributed by atoms with van der Waals surface area (Å²) in [4.78, 5) is 4.70. The molecule has 1 rings (SSSR count). The molecule has 0 N–H and O–H groups in total. The van der Waals surface area contributed by atoms with Gasteiger partial charge >= 0.3 is 0 Å². The maximum Gasteiger partial charge on any atom is 0.0866 e. The van der Waals surface area contributed by atoms with Gasteiger partial charge in [-0.3, -0.25) is 9.80 Å². The lowest BCUT2D eigenvalue weighted by molar-refractivity contribution is 0.0553. The van der Waals surface area contributed by atoms with Gasteiger partial charge in [0.25, 0.3) is 0 Å². The predicted octanol–water partition coefficient (Wildman–Crippen LogP) is 0.553. The Kier molecular flexibility index (Phi) is 5.62. The number of hydrogen-bond acceptors (Lipinski definition) is 4. The minimum Gasteiger partial charge on any atom is -0.383 e. The van der Waals surface area contributed by atoms with Gasteiger partial charge in [-0.15, -0.1) is 0 Å². The van der Waals surface area contributed by atoms with Crippen molar-refractivity contribution in [1.29, 1.82) is 5.26 Å². The van der Waals surface area contributed by atoms with Crippen LogP contribution in [0.25, 0.3) is 0 Å². The standard InChI is InChI=1S/C11H21N3O/c1-3-11-10-13(5-4-12)6-7-14(11)8-9-15-2/h11H,3,5-10H2,1-2H3/t11-/m0/s1. The van der Waals surface area contributed by atoms with Crippen LogP contribution in [0.15, 0.2) is 0 Å². The van der Waals surface area contributed by atoms with E-state index in [1.807, 2.05) is 0 Å². The average molecular weight is 211 g/mol. The molecule has 4 heteroatoms. The highest BCUT2D eigenvalue weighted by Crippen LogP contribution is 2.11. The van der Waals surface area contributed by atoms with Gasteiger partial charge in [0.2, 0.25) is 0 Å². The minimum absolute atomic E-state index is 0.564. The molecule has 0 amide bonds. The molecule has 1 atom stereocenters. The van der Waals surface area contributed by atoms with Crippen LogP contribution >= 0.6 is 0 Å². The first-order chi connectivity index (χ1) is 7.31. The lowest BCUT2D eigenvalue weighted by Gasteiger charge is -2.40. The van der Waals surface area contributed by atoms with Crippen molar-refractivity contribution < 1.29 is 4.74 Å². The molecule has 0 aromatic heterocycles. The Labute approximate surface area is 92.4 Å². The molecule has 1 aliphatic heterocycles. The average Bonchev–Trinajstić information content (AvgIpc) is 2.27. The highest BCUT2D eigenvalue weighted by molar-refractivity contribution is 4.86. The second kappa shape index (κ2) is 6.78. The molecule has 1 saturated heterocycles. The Hall–Kier alpha value is -0.630. The summed E-state index contributed by atoms with van der Waals surface area (Å²) in [6, 6.07) is 2.81. The first-order valence-electron chi connectivity index (χ1n) is 5.64. The number of rotatable bonds is 5. The fraction of sp³-hybridized carbons (Fsp3) is 0.909. The van der Waals surface area contributed by atoms with Crippen molar-refractivity contribution in [3.05, 3.63) is 0 Å². The summed E-state index contributed by atoms with van der Waals surface area (Å²) in [6.07, 6.45) is 1.14. The summed E-state index contributed by atoms with van der Waals surface area (Å²) in [5.41, 5.74) is 0. The highest BCUT2D eigenvalue weighted by atomic mass is 16.5. The van der Waals surface area contributed by atoms with E-state index in [-0.39, 0.29) is 0 Å². The van der Waals surface area contributed by atoms with Crippen LogP contribution in [0.2, 0.25) is 0 Å². The van der Waals surface area contributed by atoms with Crippen molar-refractivity contribution in [2.75, 3.05) is 46.4 Å². The molecule has 15 heavy (non-hydrogen) atoms. The van der Waals surface area contributed by atoms with Gasteiger partial charge < -0.3 is 4.74 Å². The van der Waals surface area contributed by atoms with Crippen molar-refractivity contribution in [2.45, 2.75) is 19.4 Å². The first-order valence-corrected chi connectivity index (χ1v) is 5.64. The van der Waals surface area contributed by atoms with Gasteiger partial charge in [-0.05, 0) is 6.42 Å². The fourth-order valence-electron chi connectivity index (χ4n) is 2.09. The monoisotopic (exact) mass is 211 g/mol. The Morgan fingerprint density at radius 1 is 1.47 bits per heavy atom. The summed E-state index contributed by atoms with van der Waals surface area (Å²) in [5, 5.41) is 8.66. The van der Waals surface area contributed by atoms with Gasteiger partial charge in [-0.1, -0.05) is 6.92 Å². The molecule has 0 unspecified atom stereocenters. The van der Waals surface area contributed by atoms with E-state index in [1.54, 1.807) is 7.11 Å². The SMILES string of the molecule is CC[C@H]1CN(CC#N)CCN1CCOC. The maximum atomic E-state index is 8.66. The molecule has 1 fully saturated rings. The van der Waals surface area contributed by atoms with Crippen LogP contribution in [0.3, 0.4) is 0 Å². The van der Waals surface area contributed by atoms with E-state index in [2.05, 4.69) is 22.8 Å².